The second-order valence-corrected chi connectivity index (χ2v) is 17.5. The number of thioether (sulfide) groups is 3. The highest BCUT2D eigenvalue weighted by Crippen LogP contribution is 2.26. The molecule has 0 radical (unpaired) electrons. The van der Waals surface area contributed by atoms with E-state index in [1.807, 2.05) is 97.7 Å². The fourth-order valence-electron chi connectivity index (χ4n) is 4.37. The maximum absolute atomic E-state index is 12.4. The highest BCUT2D eigenvalue weighted by molar-refractivity contribution is 8.04. The second-order valence-electron chi connectivity index (χ2n) is 10.8. The third-order valence-electron chi connectivity index (χ3n) is 6.98. The van der Waals surface area contributed by atoms with E-state index < -0.39 is 20.2 Å². The van der Waals surface area contributed by atoms with E-state index in [2.05, 4.69) is 0 Å². The van der Waals surface area contributed by atoms with Gasteiger partial charge in [0, 0.05) is 45.6 Å². The molecule has 0 saturated heterocycles. The molecule has 0 spiro atoms. The molecule has 0 heterocycles. The Morgan fingerprint density at radius 1 is 0.469 bits per heavy atom. The van der Waals surface area contributed by atoms with E-state index in [-0.39, 0.29) is 36.2 Å². The molecule has 0 fully saturated rings. The lowest BCUT2D eigenvalue weighted by Gasteiger charge is -2.12. The minimum Gasteiger partial charge on any atom is -0.491 e. The Morgan fingerprint density at radius 3 is 1.24 bits per heavy atom. The molecule has 0 aliphatic heterocycles. The van der Waals surface area contributed by atoms with Crippen LogP contribution in [0.3, 0.4) is 0 Å². The van der Waals surface area contributed by atoms with Crippen molar-refractivity contribution in [1.29, 1.82) is 0 Å². The monoisotopic (exact) mass is 762 g/mol. The minimum absolute atomic E-state index is 0.0681. The molecular formula is C36H42O8S5. The average Bonchev–Trinajstić information content (AvgIpc) is 3.09. The molecule has 0 aromatic heterocycles. The fraction of sp³-hybridized carbons (Fsp3) is 0.333. The van der Waals surface area contributed by atoms with Crippen LogP contribution in [-0.2, 0) is 40.1 Å². The standard InChI is InChI=1S/C36H42O8S5/c1-29-11-15-33(16-12-29)48(37,38)43-21-19-41-35-9-5-3-7-31(35)27-46-25-23-45-24-26-47-28-32-8-4-6-10-36(32)42-20-22-44-49(39,40)34-17-13-30(2)14-18-34/h3-18H,19-28H2,1-2H3. The molecule has 264 valence electrons. The molecule has 0 aliphatic carbocycles. The van der Waals surface area contributed by atoms with Gasteiger partial charge in [0.1, 0.15) is 37.9 Å². The zero-order valence-electron chi connectivity index (χ0n) is 27.6. The molecule has 0 aliphatic rings. The minimum atomic E-state index is -3.82. The Bertz CT molecular complexity index is 1660. The van der Waals surface area contributed by atoms with Gasteiger partial charge in [-0.15, -0.1) is 0 Å². The zero-order valence-corrected chi connectivity index (χ0v) is 31.7. The van der Waals surface area contributed by atoms with Gasteiger partial charge in [0.25, 0.3) is 20.2 Å². The Kier molecular flexibility index (Phi) is 16.2. The lowest BCUT2D eigenvalue weighted by atomic mass is 10.2. The highest BCUT2D eigenvalue weighted by Gasteiger charge is 2.16. The smallest absolute Gasteiger partial charge is 0.297 e. The largest absolute Gasteiger partial charge is 0.491 e. The first-order valence-corrected chi connectivity index (χ1v) is 22.0. The number of hydrogen-bond acceptors (Lipinski definition) is 11. The molecule has 0 unspecified atom stereocenters. The molecule has 13 heteroatoms. The summed E-state index contributed by atoms with van der Waals surface area (Å²) >= 11 is 5.59. The lowest BCUT2D eigenvalue weighted by Crippen LogP contribution is -2.13. The van der Waals surface area contributed by atoms with Crippen LogP contribution in [0.15, 0.2) is 107 Å². The topological polar surface area (TPSA) is 105 Å². The summed E-state index contributed by atoms with van der Waals surface area (Å²) in [6.07, 6.45) is 0. The van der Waals surface area contributed by atoms with Crippen LogP contribution in [-0.4, -0.2) is 66.3 Å². The Morgan fingerprint density at radius 2 is 0.837 bits per heavy atom. The Hall–Kier alpha value is -2.65. The van der Waals surface area contributed by atoms with Crippen LogP contribution in [0.2, 0.25) is 0 Å². The Balaban J connectivity index is 1.06. The summed E-state index contributed by atoms with van der Waals surface area (Å²) < 4.78 is 71.6. The summed E-state index contributed by atoms with van der Waals surface area (Å²) in [4.78, 5) is 0.271. The summed E-state index contributed by atoms with van der Waals surface area (Å²) in [7, 11) is -7.64. The van der Waals surface area contributed by atoms with Gasteiger partial charge < -0.3 is 9.47 Å². The first kappa shape index (κ1) is 39.1. The van der Waals surface area contributed by atoms with E-state index in [1.54, 1.807) is 48.5 Å². The fourth-order valence-corrected chi connectivity index (χ4v) is 9.45. The van der Waals surface area contributed by atoms with Gasteiger partial charge in [-0.2, -0.15) is 52.1 Å². The average molecular weight is 763 g/mol. The van der Waals surface area contributed by atoms with Crippen molar-refractivity contribution in [2.24, 2.45) is 0 Å². The number of rotatable bonds is 22. The van der Waals surface area contributed by atoms with Gasteiger partial charge in [0.15, 0.2) is 0 Å². The van der Waals surface area contributed by atoms with Gasteiger partial charge in [0.05, 0.1) is 9.79 Å². The van der Waals surface area contributed by atoms with Gasteiger partial charge in [-0.1, -0.05) is 71.8 Å². The first-order valence-electron chi connectivity index (χ1n) is 15.7. The lowest BCUT2D eigenvalue weighted by molar-refractivity contribution is 0.220. The van der Waals surface area contributed by atoms with Crippen molar-refractivity contribution < 1.29 is 34.7 Å². The molecule has 8 nitrogen and oxygen atoms in total. The van der Waals surface area contributed by atoms with E-state index in [1.165, 1.54) is 0 Å². The van der Waals surface area contributed by atoms with Gasteiger partial charge >= 0.3 is 0 Å². The van der Waals surface area contributed by atoms with E-state index >= 15 is 0 Å². The van der Waals surface area contributed by atoms with Crippen LogP contribution in [0.5, 0.6) is 11.5 Å². The van der Waals surface area contributed by atoms with Crippen molar-refractivity contribution in [2.75, 3.05) is 49.4 Å². The molecule has 4 aromatic rings. The third kappa shape index (κ3) is 13.5. The first-order chi connectivity index (χ1) is 23.6. The molecule has 0 N–H and O–H groups in total. The van der Waals surface area contributed by atoms with Gasteiger partial charge in [-0.05, 0) is 50.2 Å². The van der Waals surface area contributed by atoms with Crippen molar-refractivity contribution in [2.45, 2.75) is 35.1 Å². The quantitative estimate of drug-likeness (QED) is 0.0580. The van der Waals surface area contributed by atoms with E-state index in [9.17, 15) is 16.8 Å². The third-order valence-corrected chi connectivity index (χ3v) is 13.2. The Labute approximate surface area is 303 Å². The van der Waals surface area contributed by atoms with Crippen LogP contribution in [0.25, 0.3) is 0 Å². The number of para-hydroxylation sites is 2. The van der Waals surface area contributed by atoms with Crippen LogP contribution in [0.4, 0.5) is 0 Å². The molecule has 4 rings (SSSR count). The summed E-state index contributed by atoms with van der Waals surface area (Å²) in [6.45, 7) is 3.92. The summed E-state index contributed by atoms with van der Waals surface area (Å²) in [6, 6.07) is 28.7. The molecule has 0 amide bonds. The predicted octanol–water partition coefficient (Wildman–Crippen LogP) is 7.77. The summed E-state index contributed by atoms with van der Waals surface area (Å²) in [5.74, 6) is 7.13. The number of hydrogen-bond donors (Lipinski definition) is 0. The van der Waals surface area contributed by atoms with E-state index in [0.717, 1.165) is 68.3 Å². The van der Waals surface area contributed by atoms with Gasteiger partial charge in [-0.3, -0.25) is 8.37 Å². The van der Waals surface area contributed by atoms with Crippen LogP contribution < -0.4 is 9.47 Å². The zero-order chi connectivity index (χ0) is 35.0. The van der Waals surface area contributed by atoms with E-state index in [4.69, 9.17) is 17.8 Å². The van der Waals surface area contributed by atoms with Crippen LogP contribution >= 0.6 is 35.3 Å². The highest BCUT2D eigenvalue weighted by atomic mass is 32.2. The normalized spacial score (nSPS) is 11.8. The van der Waals surface area contributed by atoms with Crippen molar-refractivity contribution in [3.8, 4) is 11.5 Å². The maximum atomic E-state index is 12.4. The van der Waals surface area contributed by atoms with Crippen LogP contribution in [0.1, 0.15) is 22.3 Å². The van der Waals surface area contributed by atoms with E-state index in [0.29, 0.717) is 0 Å². The molecule has 49 heavy (non-hydrogen) atoms. The molecule has 0 atom stereocenters. The predicted molar refractivity (Wildman–Crippen MR) is 202 cm³/mol. The molecule has 0 saturated carbocycles. The number of ether oxygens (including phenoxy) is 2. The molecule has 4 aromatic carbocycles. The number of aryl methyl sites for hydroxylation is 2. The number of benzene rings is 4. The second kappa shape index (κ2) is 20.3. The van der Waals surface area contributed by atoms with Crippen molar-refractivity contribution >= 4 is 55.5 Å². The SMILES string of the molecule is Cc1ccc(S(=O)(=O)OCCOc2ccccc2CSCCSCCSCc2ccccc2OCCOS(=O)(=O)c2ccc(C)cc2)cc1. The summed E-state index contributed by atoms with van der Waals surface area (Å²) in [5, 5.41) is 0. The summed E-state index contributed by atoms with van der Waals surface area (Å²) in [5.41, 5.74) is 4.09. The van der Waals surface area contributed by atoms with Crippen molar-refractivity contribution in [3.05, 3.63) is 119 Å². The van der Waals surface area contributed by atoms with Crippen LogP contribution in [0, 0.1) is 13.8 Å². The van der Waals surface area contributed by atoms with Crippen molar-refractivity contribution in [3.63, 3.8) is 0 Å². The van der Waals surface area contributed by atoms with Crippen molar-refractivity contribution in [1.82, 2.24) is 0 Å². The molecule has 0 bridgehead atoms. The molecular weight excluding hydrogens is 721 g/mol. The maximum Gasteiger partial charge on any atom is 0.297 e. The van der Waals surface area contributed by atoms with Gasteiger partial charge in [0.2, 0.25) is 0 Å². The van der Waals surface area contributed by atoms with Gasteiger partial charge in [-0.25, -0.2) is 0 Å².